The Kier molecular flexibility index (Phi) is 6.01. The molecule has 0 amide bonds. The lowest BCUT2D eigenvalue weighted by Gasteiger charge is -2.11. The first-order valence-corrected chi connectivity index (χ1v) is 7.99. The van der Waals surface area contributed by atoms with Crippen molar-refractivity contribution < 1.29 is 14.3 Å². The Balaban J connectivity index is 1.97. The van der Waals surface area contributed by atoms with Crippen molar-refractivity contribution in [2.24, 2.45) is 5.92 Å². The molecule has 0 aliphatic carbocycles. The first-order valence-electron chi connectivity index (χ1n) is 7.19. The molecule has 2 rings (SSSR count). The standard InChI is InChI=1S/C18H19BrO3/c1-13(2)11-21-17-9-8-15(10-16(17)19)18(20)22-12-14-6-4-3-5-7-14/h3-10,13H,11-12H2,1-2H3. The predicted molar refractivity (Wildman–Crippen MR) is 90.0 cm³/mol. The van der Waals surface area contributed by atoms with Gasteiger partial charge >= 0.3 is 5.97 Å². The maximum absolute atomic E-state index is 12.1. The second-order valence-electron chi connectivity index (χ2n) is 5.41. The molecule has 0 N–H and O–H groups in total. The zero-order chi connectivity index (χ0) is 15.9. The van der Waals surface area contributed by atoms with Crippen molar-refractivity contribution in [3.63, 3.8) is 0 Å². The molecule has 2 aromatic carbocycles. The predicted octanol–water partition coefficient (Wildman–Crippen LogP) is 4.84. The van der Waals surface area contributed by atoms with Gasteiger partial charge in [0.25, 0.3) is 0 Å². The fourth-order valence-corrected chi connectivity index (χ4v) is 2.30. The van der Waals surface area contributed by atoms with Crippen molar-refractivity contribution in [2.45, 2.75) is 20.5 Å². The van der Waals surface area contributed by atoms with Gasteiger partial charge in [0.2, 0.25) is 0 Å². The average molecular weight is 363 g/mol. The van der Waals surface area contributed by atoms with Gasteiger partial charge in [-0.25, -0.2) is 4.79 Å². The first kappa shape index (κ1) is 16.6. The Labute approximate surface area is 139 Å². The van der Waals surface area contributed by atoms with Gasteiger partial charge < -0.3 is 9.47 Å². The topological polar surface area (TPSA) is 35.5 Å². The van der Waals surface area contributed by atoms with E-state index in [2.05, 4.69) is 29.8 Å². The lowest BCUT2D eigenvalue weighted by atomic mass is 10.2. The minimum Gasteiger partial charge on any atom is -0.492 e. The molecule has 0 saturated carbocycles. The van der Waals surface area contributed by atoms with E-state index >= 15 is 0 Å². The van der Waals surface area contributed by atoms with Gasteiger partial charge in [-0.3, -0.25) is 0 Å². The molecule has 0 aromatic heterocycles. The van der Waals surface area contributed by atoms with Crippen molar-refractivity contribution in [3.05, 3.63) is 64.1 Å². The van der Waals surface area contributed by atoms with Gasteiger partial charge in [0.15, 0.2) is 0 Å². The van der Waals surface area contributed by atoms with Crippen LogP contribution in [-0.2, 0) is 11.3 Å². The Bertz CT molecular complexity index is 623. The van der Waals surface area contributed by atoms with Gasteiger partial charge in [0.1, 0.15) is 12.4 Å². The molecule has 116 valence electrons. The van der Waals surface area contributed by atoms with E-state index in [0.717, 1.165) is 15.8 Å². The van der Waals surface area contributed by atoms with Gasteiger partial charge in [-0.15, -0.1) is 0 Å². The summed E-state index contributed by atoms with van der Waals surface area (Å²) in [4.78, 5) is 12.1. The highest BCUT2D eigenvalue weighted by molar-refractivity contribution is 9.10. The fourth-order valence-electron chi connectivity index (χ4n) is 1.81. The van der Waals surface area contributed by atoms with E-state index in [-0.39, 0.29) is 12.6 Å². The van der Waals surface area contributed by atoms with Gasteiger partial charge in [-0.05, 0) is 45.6 Å². The monoisotopic (exact) mass is 362 g/mol. The molecule has 0 aliphatic rings. The summed E-state index contributed by atoms with van der Waals surface area (Å²) in [7, 11) is 0. The third kappa shape index (κ3) is 4.88. The van der Waals surface area contributed by atoms with E-state index < -0.39 is 0 Å². The Morgan fingerprint density at radius 1 is 1.14 bits per heavy atom. The molecular weight excluding hydrogens is 344 g/mol. The highest BCUT2D eigenvalue weighted by Crippen LogP contribution is 2.27. The van der Waals surface area contributed by atoms with Gasteiger partial charge in [-0.2, -0.15) is 0 Å². The number of carbonyl (C=O) groups excluding carboxylic acids is 1. The van der Waals surface area contributed by atoms with Crippen LogP contribution in [-0.4, -0.2) is 12.6 Å². The van der Waals surface area contributed by atoms with Crippen LogP contribution in [0.25, 0.3) is 0 Å². The molecule has 2 aromatic rings. The van der Waals surface area contributed by atoms with E-state index in [9.17, 15) is 4.79 Å². The molecule has 0 unspecified atom stereocenters. The second-order valence-corrected chi connectivity index (χ2v) is 6.27. The van der Waals surface area contributed by atoms with Gasteiger partial charge in [0.05, 0.1) is 16.6 Å². The lowest BCUT2D eigenvalue weighted by Crippen LogP contribution is -2.07. The largest absolute Gasteiger partial charge is 0.492 e. The van der Waals surface area contributed by atoms with Crippen LogP contribution < -0.4 is 4.74 Å². The molecule has 3 nitrogen and oxygen atoms in total. The molecule has 0 spiro atoms. The van der Waals surface area contributed by atoms with Gasteiger partial charge in [-0.1, -0.05) is 44.2 Å². The molecule has 0 radical (unpaired) electrons. The van der Waals surface area contributed by atoms with Crippen LogP contribution in [0.1, 0.15) is 29.8 Å². The van der Waals surface area contributed by atoms with Crippen molar-refractivity contribution >= 4 is 21.9 Å². The molecule has 0 bridgehead atoms. The van der Waals surface area contributed by atoms with E-state index in [1.807, 2.05) is 30.3 Å². The number of hydrogen-bond donors (Lipinski definition) is 0. The summed E-state index contributed by atoms with van der Waals surface area (Å²) in [5.41, 5.74) is 1.46. The van der Waals surface area contributed by atoms with E-state index in [1.165, 1.54) is 0 Å². The molecule has 0 atom stereocenters. The van der Waals surface area contributed by atoms with Crippen LogP contribution in [0.5, 0.6) is 5.75 Å². The highest BCUT2D eigenvalue weighted by atomic mass is 79.9. The molecule has 4 heteroatoms. The average Bonchev–Trinajstić information content (AvgIpc) is 2.52. The Morgan fingerprint density at radius 2 is 1.86 bits per heavy atom. The normalized spacial score (nSPS) is 10.5. The van der Waals surface area contributed by atoms with Crippen molar-refractivity contribution in [1.29, 1.82) is 0 Å². The number of halogens is 1. The quantitative estimate of drug-likeness (QED) is 0.689. The van der Waals surface area contributed by atoms with Crippen molar-refractivity contribution in [1.82, 2.24) is 0 Å². The summed E-state index contributed by atoms with van der Waals surface area (Å²) in [6, 6.07) is 14.8. The summed E-state index contributed by atoms with van der Waals surface area (Å²) < 4.78 is 11.7. The van der Waals surface area contributed by atoms with Crippen molar-refractivity contribution in [2.75, 3.05) is 6.61 Å². The summed E-state index contributed by atoms with van der Waals surface area (Å²) in [6.07, 6.45) is 0. The fraction of sp³-hybridized carbons (Fsp3) is 0.278. The summed E-state index contributed by atoms with van der Waals surface area (Å²) in [5, 5.41) is 0. The smallest absolute Gasteiger partial charge is 0.338 e. The molecule has 0 aliphatic heterocycles. The number of esters is 1. The molecule has 0 saturated heterocycles. The van der Waals surface area contributed by atoms with Crippen LogP contribution in [0.3, 0.4) is 0 Å². The highest BCUT2D eigenvalue weighted by Gasteiger charge is 2.11. The summed E-state index contributed by atoms with van der Waals surface area (Å²) >= 11 is 3.43. The van der Waals surface area contributed by atoms with Crippen LogP contribution in [0.2, 0.25) is 0 Å². The zero-order valence-corrected chi connectivity index (χ0v) is 14.3. The van der Waals surface area contributed by atoms with E-state index in [1.54, 1.807) is 18.2 Å². The maximum atomic E-state index is 12.1. The molecular formula is C18H19BrO3. The molecule has 0 heterocycles. The zero-order valence-electron chi connectivity index (χ0n) is 12.7. The molecule has 0 fully saturated rings. The van der Waals surface area contributed by atoms with E-state index in [0.29, 0.717) is 18.1 Å². The van der Waals surface area contributed by atoms with E-state index in [4.69, 9.17) is 9.47 Å². The third-order valence-corrected chi connectivity index (χ3v) is 3.57. The number of benzene rings is 2. The lowest BCUT2D eigenvalue weighted by molar-refractivity contribution is 0.0472. The summed E-state index contributed by atoms with van der Waals surface area (Å²) in [5.74, 6) is 0.829. The SMILES string of the molecule is CC(C)COc1ccc(C(=O)OCc2ccccc2)cc1Br. The number of ether oxygens (including phenoxy) is 2. The molecule has 22 heavy (non-hydrogen) atoms. The van der Waals surface area contributed by atoms with Crippen LogP contribution >= 0.6 is 15.9 Å². The third-order valence-electron chi connectivity index (χ3n) is 2.95. The van der Waals surface area contributed by atoms with Crippen LogP contribution in [0.4, 0.5) is 0 Å². The van der Waals surface area contributed by atoms with Gasteiger partial charge in [0, 0.05) is 0 Å². The second kappa shape index (κ2) is 7.99. The first-order chi connectivity index (χ1) is 10.6. The van der Waals surface area contributed by atoms with Crippen LogP contribution in [0, 0.1) is 5.92 Å². The minimum atomic E-state index is -0.347. The van der Waals surface area contributed by atoms with Crippen molar-refractivity contribution in [3.8, 4) is 5.75 Å². The maximum Gasteiger partial charge on any atom is 0.338 e. The Morgan fingerprint density at radius 3 is 2.50 bits per heavy atom. The number of carbonyl (C=O) groups is 1. The number of hydrogen-bond acceptors (Lipinski definition) is 3. The Hall–Kier alpha value is -1.81. The number of rotatable bonds is 6. The van der Waals surface area contributed by atoms with Crippen LogP contribution in [0.15, 0.2) is 53.0 Å². The minimum absolute atomic E-state index is 0.267. The summed E-state index contributed by atoms with van der Waals surface area (Å²) in [6.45, 7) is 5.08.